The maximum absolute atomic E-state index is 12.5. The lowest BCUT2D eigenvalue weighted by molar-refractivity contribution is -0.308. The largest absolute Gasteiger partial charge is 0.469 e. The molecule has 0 bridgehead atoms. The monoisotopic (exact) mass is 651 g/mol. The van der Waals surface area contributed by atoms with Crippen molar-refractivity contribution in [2.45, 2.75) is 69.4 Å². The fourth-order valence-corrected chi connectivity index (χ4v) is 5.73. The van der Waals surface area contributed by atoms with Gasteiger partial charge in [-0.25, -0.2) is 0 Å². The summed E-state index contributed by atoms with van der Waals surface area (Å²) >= 11 is 0. The highest BCUT2D eigenvalue weighted by molar-refractivity contribution is 5.69. The molecule has 0 aromatic heterocycles. The standard InChI is InChI=1S/C38H41N3O7/c1-43-34(42)22-23-38(40-41-39)37(47-27-32-20-12-5-13-21-32)36(46-26-31-18-10-4-11-19-31)35(45-25-30-16-8-3-9-17-30)33(48-38)28-44-24-29-14-6-2-7-15-29/h2-21,33,35-37H,22-28H2,1H3/t33-,35-,36+,37-,38+/m1/s1. The van der Waals surface area contributed by atoms with E-state index in [1.165, 1.54) is 7.11 Å². The highest BCUT2D eigenvalue weighted by Crippen LogP contribution is 2.41. The van der Waals surface area contributed by atoms with Gasteiger partial charge in [0.15, 0.2) is 5.72 Å². The molecule has 1 aliphatic heterocycles. The molecule has 48 heavy (non-hydrogen) atoms. The van der Waals surface area contributed by atoms with Gasteiger partial charge in [-0.1, -0.05) is 126 Å². The van der Waals surface area contributed by atoms with Gasteiger partial charge < -0.3 is 28.4 Å². The van der Waals surface area contributed by atoms with Crippen LogP contribution >= 0.6 is 0 Å². The zero-order valence-corrected chi connectivity index (χ0v) is 27.0. The number of esters is 1. The number of carbonyl (C=O) groups excluding carboxylic acids is 1. The first-order valence-electron chi connectivity index (χ1n) is 16.0. The van der Waals surface area contributed by atoms with Gasteiger partial charge in [0.2, 0.25) is 0 Å². The van der Waals surface area contributed by atoms with E-state index in [1.54, 1.807) is 0 Å². The minimum atomic E-state index is -1.66. The predicted octanol–water partition coefficient (Wildman–Crippen LogP) is 7.32. The first-order valence-corrected chi connectivity index (χ1v) is 16.0. The van der Waals surface area contributed by atoms with Crippen LogP contribution in [0.2, 0.25) is 0 Å². The Kier molecular flexibility index (Phi) is 13.1. The second kappa shape index (κ2) is 18.1. The molecule has 1 aliphatic rings. The number of carbonyl (C=O) groups is 1. The van der Waals surface area contributed by atoms with Crippen LogP contribution in [0.5, 0.6) is 0 Å². The van der Waals surface area contributed by atoms with Crippen molar-refractivity contribution >= 4 is 5.97 Å². The molecule has 10 heteroatoms. The molecule has 10 nitrogen and oxygen atoms in total. The van der Waals surface area contributed by atoms with Crippen LogP contribution in [0.1, 0.15) is 35.1 Å². The molecular weight excluding hydrogens is 610 g/mol. The first-order chi connectivity index (χ1) is 23.6. The van der Waals surface area contributed by atoms with Crippen LogP contribution < -0.4 is 0 Å². The van der Waals surface area contributed by atoms with E-state index in [0.29, 0.717) is 6.61 Å². The topological polar surface area (TPSA) is 121 Å². The Labute approximate surface area is 281 Å². The Bertz CT molecular complexity index is 1570. The second-order valence-electron chi connectivity index (χ2n) is 11.5. The Hall–Kier alpha value is -4.54. The zero-order chi connectivity index (χ0) is 33.4. The van der Waals surface area contributed by atoms with E-state index < -0.39 is 36.1 Å². The van der Waals surface area contributed by atoms with E-state index in [1.807, 2.05) is 121 Å². The van der Waals surface area contributed by atoms with E-state index in [4.69, 9.17) is 28.4 Å². The van der Waals surface area contributed by atoms with Crippen LogP contribution in [-0.2, 0) is 59.6 Å². The number of benzene rings is 4. The molecule has 250 valence electrons. The molecule has 0 aliphatic carbocycles. The fourth-order valence-electron chi connectivity index (χ4n) is 5.73. The van der Waals surface area contributed by atoms with Gasteiger partial charge in [-0.2, -0.15) is 0 Å². The summed E-state index contributed by atoms with van der Waals surface area (Å²) in [5.74, 6) is -0.478. The van der Waals surface area contributed by atoms with Crippen LogP contribution in [-0.4, -0.2) is 49.8 Å². The van der Waals surface area contributed by atoms with E-state index >= 15 is 0 Å². The van der Waals surface area contributed by atoms with Crippen LogP contribution in [0.15, 0.2) is 126 Å². The van der Waals surface area contributed by atoms with Gasteiger partial charge >= 0.3 is 5.97 Å². The van der Waals surface area contributed by atoms with Crippen molar-refractivity contribution in [3.8, 4) is 0 Å². The smallest absolute Gasteiger partial charge is 0.305 e. The van der Waals surface area contributed by atoms with Crippen molar-refractivity contribution in [2.24, 2.45) is 5.11 Å². The van der Waals surface area contributed by atoms with Gasteiger partial charge in [-0.15, -0.1) is 0 Å². The van der Waals surface area contributed by atoms with Crippen LogP contribution in [0.4, 0.5) is 0 Å². The SMILES string of the molecule is COC(=O)CC[C@]1(N=[N+]=[N-])O[C@H](COCc2ccccc2)[C@@H](OCc2ccccc2)[C@H](OCc2ccccc2)[C@H]1OCc1ccccc1. The molecule has 5 rings (SSSR count). The summed E-state index contributed by atoms with van der Waals surface area (Å²) in [6.07, 6.45) is -3.37. The van der Waals surface area contributed by atoms with Gasteiger partial charge in [-0.05, 0) is 34.2 Å². The number of ether oxygens (including phenoxy) is 6. The Morgan fingerprint density at radius 1 is 0.708 bits per heavy atom. The number of nitrogens with zero attached hydrogens (tertiary/aromatic N) is 3. The predicted molar refractivity (Wildman–Crippen MR) is 179 cm³/mol. The maximum Gasteiger partial charge on any atom is 0.305 e. The van der Waals surface area contributed by atoms with Gasteiger partial charge in [0.05, 0.1) is 40.1 Å². The average Bonchev–Trinajstić information content (AvgIpc) is 3.14. The van der Waals surface area contributed by atoms with E-state index in [2.05, 4.69) is 10.0 Å². The molecule has 4 aromatic rings. The zero-order valence-electron chi connectivity index (χ0n) is 27.0. The van der Waals surface area contributed by atoms with Crippen LogP contribution in [0.3, 0.4) is 0 Å². The van der Waals surface area contributed by atoms with Crippen molar-refractivity contribution < 1.29 is 33.2 Å². The van der Waals surface area contributed by atoms with Gasteiger partial charge in [-0.3, -0.25) is 4.79 Å². The molecule has 5 atom stereocenters. The van der Waals surface area contributed by atoms with E-state index in [0.717, 1.165) is 22.3 Å². The minimum Gasteiger partial charge on any atom is -0.469 e. The van der Waals surface area contributed by atoms with Crippen molar-refractivity contribution in [3.63, 3.8) is 0 Å². The summed E-state index contributed by atoms with van der Waals surface area (Å²) in [7, 11) is 1.31. The molecule has 0 N–H and O–H groups in total. The van der Waals surface area contributed by atoms with E-state index in [-0.39, 0.29) is 39.3 Å². The van der Waals surface area contributed by atoms with Crippen LogP contribution in [0.25, 0.3) is 10.4 Å². The molecule has 1 saturated heterocycles. The van der Waals surface area contributed by atoms with Crippen molar-refractivity contribution in [1.82, 2.24) is 0 Å². The molecular formula is C38H41N3O7. The number of azide groups is 1. The highest BCUT2D eigenvalue weighted by Gasteiger charge is 2.56. The maximum atomic E-state index is 12.5. The summed E-state index contributed by atoms with van der Waals surface area (Å²) in [5.41, 5.74) is 12.1. The van der Waals surface area contributed by atoms with Crippen molar-refractivity contribution in [1.29, 1.82) is 0 Å². The Balaban J connectivity index is 1.53. The summed E-state index contributed by atoms with van der Waals surface area (Å²) in [6.45, 7) is 1.07. The summed E-state index contributed by atoms with van der Waals surface area (Å²) in [6, 6.07) is 39.0. The van der Waals surface area contributed by atoms with Crippen molar-refractivity contribution in [3.05, 3.63) is 154 Å². The number of hydrogen-bond donors (Lipinski definition) is 0. The summed E-state index contributed by atoms with van der Waals surface area (Å²) < 4.78 is 37.9. The quantitative estimate of drug-likeness (QED) is 0.0508. The van der Waals surface area contributed by atoms with E-state index in [9.17, 15) is 10.3 Å². The third kappa shape index (κ3) is 9.74. The lowest BCUT2D eigenvalue weighted by Gasteiger charge is -2.51. The normalized spacial score (nSPS) is 22.0. The summed E-state index contributed by atoms with van der Waals surface area (Å²) in [4.78, 5) is 15.7. The lowest BCUT2D eigenvalue weighted by atomic mass is 9.87. The van der Waals surface area contributed by atoms with Gasteiger partial charge in [0.25, 0.3) is 0 Å². The minimum absolute atomic E-state index is 0.0189. The average molecular weight is 652 g/mol. The van der Waals surface area contributed by atoms with Crippen LogP contribution in [0, 0.1) is 0 Å². The second-order valence-corrected chi connectivity index (χ2v) is 11.5. The molecule has 4 aromatic carbocycles. The van der Waals surface area contributed by atoms with Gasteiger partial charge in [0, 0.05) is 11.3 Å². The van der Waals surface area contributed by atoms with Crippen molar-refractivity contribution in [2.75, 3.05) is 13.7 Å². The molecule has 1 fully saturated rings. The lowest BCUT2D eigenvalue weighted by Crippen LogP contribution is -2.66. The molecule has 0 saturated carbocycles. The first kappa shape index (κ1) is 34.8. The fraction of sp³-hybridized carbons (Fsp3) is 0.342. The highest BCUT2D eigenvalue weighted by atomic mass is 16.6. The van der Waals surface area contributed by atoms with Gasteiger partial charge in [0.1, 0.15) is 24.4 Å². The molecule has 1 heterocycles. The molecule has 0 amide bonds. The summed E-state index contributed by atoms with van der Waals surface area (Å²) in [5, 5.41) is 4.22. The third-order valence-electron chi connectivity index (χ3n) is 8.15. The Morgan fingerprint density at radius 3 is 1.65 bits per heavy atom. The number of hydrogen-bond acceptors (Lipinski definition) is 8. The third-order valence-corrected chi connectivity index (χ3v) is 8.15. The molecule has 0 unspecified atom stereocenters. The molecule has 0 radical (unpaired) electrons. The Morgan fingerprint density at radius 2 is 1.17 bits per heavy atom. The number of rotatable bonds is 17. The number of methoxy groups -OCH3 is 1. The molecule has 0 spiro atoms.